The molecule has 0 atom stereocenters. The predicted molar refractivity (Wildman–Crippen MR) is 67.0 cm³/mol. The van der Waals surface area contributed by atoms with Gasteiger partial charge in [-0.05, 0) is 18.4 Å². The van der Waals surface area contributed by atoms with E-state index in [1.165, 1.54) is 5.56 Å². The smallest absolute Gasteiger partial charge is 0.0500 e. The SMILES string of the molecule is Cl.OCC12CNCC(c3ccccc3)(C1)C2. The number of halogens is 1. The van der Waals surface area contributed by atoms with E-state index in [1.807, 2.05) is 0 Å². The third kappa shape index (κ3) is 1.56. The molecule has 1 aromatic carbocycles. The molecule has 1 aromatic rings. The van der Waals surface area contributed by atoms with Crippen LogP contribution >= 0.6 is 12.4 Å². The number of piperidine rings is 2. The molecule has 3 heteroatoms. The largest absolute Gasteiger partial charge is 0.396 e. The maximum absolute atomic E-state index is 9.41. The molecule has 1 aliphatic carbocycles. The average Bonchev–Trinajstić information content (AvgIpc) is 2.29. The third-order valence-corrected chi connectivity index (χ3v) is 4.11. The summed E-state index contributed by atoms with van der Waals surface area (Å²) in [6, 6.07) is 10.7. The molecule has 2 heterocycles. The van der Waals surface area contributed by atoms with Crippen molar-refractivity contribution in [2.45, 2.75) is 18.3 Å². The number of fused-ring (bicyclic) bond motifs is 2. The Bertz CT molecular complexity index is 359. The first kappa shape index (κ1) is 11.9. The molecule has 0 spiro atoms. The van der Waals surface area contributed by atoms with Gasteiger partial charge < -0.3 is 10.4 Å². The molecule has 3 aliphatic rings. The van der Waals surface area contributed by atoms with Gasteiger partial charge >= 0.3 is 0 Å². The summed E-state index contributed by atoms with van der Waals surface area (Å²) >= 11 is 0. The van der Waals surface area contributed by atoms with E-state index < -0.39 is 0 Å². The van der Waals surface area contributed by atoms with E-state index in [4.69, 9.17) is 0 Å². The van der Waals surface area contributed by atoms with Gasteiger partial charge in [-0.15, -0.1) is 12.4 Å². The van der Waals surface area contributed by atoms with Gasteiger partial charge in [0.05, 0.1) is 0 Å². The quantitative estimate of drug-likeness (QED) is 0.824. The fourth-order valence-electron chi connectivity index (χ4n) is 3.47. The standard InChI is InChI=1S/C13H17NO.ClH/c15-10-12-6-13(7-12,9-14-8-12)11-4-2-1-3-5-11;/h1-5,14-15H,6-10H2;1H. The van der Waals surface area contributed by atoms with Crippen LogP contribution in [0.4, 0.5) is 0 Å². The second-order valence-corrected chi connectivity index (χ2v) is 5.26. The van der Waals surface area contributed by atoms with Crippen LogP contribution in [0.25, 0.3) is 0 Å². The van der Waals surface area contributed by atoms with Crippen LogP contribution in [-0.2, 0) is 5.41 Å². The molecular weight excluding hydrogens is 222 g/mol. The lowest BCUT2D eigenvalue weighted by Gasteiger charge is -2.60. The number of benzene rings is 1. The monoisotopic (exact) mass is 239 g/mol. The van der Waals surface area contributed by atoms with Crippen molar-refractivity contribution in [1.82, 2.24) is 5.32 Å². The number of hydrogen-bond acceptors (Lipinski definition) is 2. The van der Waals surface area contributed by atoms with Crippen molar-refractivity contribution >= 4 is 12.4 Å². The second-order valence-electron chi connectivity index (χ2n) is 5.26. The molecule has 88 valence electrons. The van der Waals surface area contributed by atoms with E-state index in [0.717, 1.165) is 25.9 Å². The van der Waals surface area contributed by atoms with E-state index in [-0.39, 0.29) is 17.8 Å². The van der Waals surface area contributed by atoms with E-state index in [1.54, 1.807) is 0 Å². The van der Waals surface area contributed by atoms with Crippen molar-refractivity contribution in [3.63, 3.8) is 0 Å². The fraction of sp³-hybridized carbons (Fsp3) is 0.538. The lowest BCUT2D eigenvalue weighted by molar-refractivity contribution is -0.0582. The van der Waals surface area contributed by atoms with Crippen LogP contribution in [0, 0.1) is 5.41 Å². The Morgan fingerprint density at radius 3 is 2.44 bits per heavy atom. The van der Waals surface area contributed by atoms with Crippen molar-refractivity contribution in [3.8, 4) is 0 Å². The van der Waals surface area contributed by atoms with E-state index in [0.29, 0.717) is 12.0 Å². The highest BCUT2D eigenvalue weighted by atomic mass is 35.5. The van der Waals surface area contributed by atoms with Gasteiger partial charge in [0, 0.05) is 30.5 Å². The molecule has 2 bridgehead atoms. The number of aliphatic hydroxyl groups excluding tert-OH is 1. The Morgan fingerprint density at radius 2 is 1.81 bits per heavy atom. The Labute approximate surface area is 102 Å². The molecule has 0 unspecified atom stereocenters. The summed E-state index contributed by atoms with van der Waals surface area (Å²) in [7, 11) is 0. The van der Waals surface area contributed by atoms with E-state index in [9.17, 15) is 5.11 Å². The summed E-state index contributed by atoms with van der Waals surface area (Å²) < 4.78 is 0. The summed E-state index contributed by atoms with van der Waals surface area (Å²) in [5.74, 6) is 0. The third-order valence-electron chi connectivity index (χ3n) is 4.11. The van der Waals surface area contributed by atoms with Gasteiger partial charge in [-0.25, -0.2) is 0 Å². The van der Waals surface area contributed by atoms with Crippen LogP contribution in [0.2, 0.25) is 0 Å². The highest BCUT2D eigenvalue weighted by molar-refractivity contribution is 5.85. The zero-order chi connectivity index (χ0) is 10.4. The highest BCUT2D eigenvalue weighted by Crippen LogP contribution is 2.57. The first-order chi connectivity index (χ1) is 7.29. The zero-order valence-electron chi connectivity index (χ0n) is 9.28. The minimum absolute atomic E-state index is 0. The van der Waals surface area contributed by atoms with Crippen LogP contribution in [0.15, 0.2) is 30.3 Å². The van der Waals surface area contributed by atoms with Gasteiger partial charge in [-0.3, -0.25) is 0 Å². The molecule has 4 rings (SSSR count). The molecule has 3 fully saturated rings. The molecule has 2 aliphatic heterocycles. The predicted octanol–water partition coefficient (Wildman–Crippen LogP) is 1.72. The first-order valence-corrected chi connectivity index (χ1v) is 5.66. The molecule has 16 heavy (non-hydrogen) atoms. The summed E-state index contributed by atoms with van der Waals surface area (Å²) in [5, 5.41) is 12.9. The lowest BCUT2D eigenvalue weighted by atomic mass is 9.48. The Kier molecular flexibility index (Phi) is 2.99. The van der Waals surface area contributed by atoms with Crippen LogP contribution in [0.1, 0.15) is 18.4 Å². The lowest BCUT2D eigenvalue weighted by Crippen LogP contribution is -2.65. The number of aliphatic hydroxyl groups is 1. The maximum atomic E-state index is 9.41. The highest BCUT2D eigenvalue weighted by Gasteiger charge is 2.57. The fourth-order valence-corrected chi connectivity index (χ4v) is 3.47. The van der Waals surface area contributed by atoms with E-state index in [2.05, 4.69) is 35.6 Å². The van der Waals surface area contributed by atoms with Crippen molar-refractivity contribution in [2.24, 2.45) is 5.41 Å². The maximum Gasteiger partial charge on any atom is 0.0500 e. The van der Waals surface area contributed by atoms with Crippen LogP contribution < -0.4 is 5.32 Å². The number of rotatable bonds is 2. The van der Waals surface area contributed by atoms with Gasteiger partial charge in [0.15, 0.2) is 0 Å². The van der Waals surface area contributed by atoms with Crippen LogP contribution in [0.3, 0.4) is 0 Å². The topological polar surface area (TPSA) is 32.3 Å². The second kappa shape index (κ2) is 4.02. The Morgan fingerprint density at radius 1 is 1.12 bits per heavy atom. The summed E-state index contributed by atoms with van der Waals surface area (Å²) in [6.07, 6.45) is 2.29. The van der Waals surface area contributed by atoms with Gasteiger partial charge in [-0.2, -0.15) is 0 Å². The van der Waals surface area contributed by atoms with Crippen molar-refractivity contribution < 1.29 is 5.11 Å². The summed E-state index contributed by atoms with van der Waals surface area (Å²) in [5.41, 5.74) is 1.91. The number of nitrogens with one attached hydrogen (secondary N) is 1. The normalized spacial score (nSPS) is 36.1. The molecule has 2 saturated heterocycles. The van der Waals surface area contributed by atoms with Crippen LogP contribution in [-0.4, -0.2) is 24.8 Å². The van der Waals surface area contributed by atoms with Crippen molar-refractivity contribution in [2.75, 3.05) is 19.7 Å². The molecule has 0 radical (unpaired) electrons. The molecule has 2 nitrogen and oxygen atoms in total. The minimum atomic E-state index is 0. The average molecular weight is 240 g/mol. The molecule has 0 amide bonds. The van der Waals surface area contributed by atoms with Gasteiger partial charge in [0.1, 0.15) is 0 Å². The van der Waals surface area contributed by atoms with E-state index >= 15 is 0 Å². The summed E-state index contributed by atoms with van der Waals surface area (Å²) in [4.78, 5) is 0. The molecule has 0 aromatic heterocycles. The van der Waals surface area contributed by atoms with Crippen LogP contribution in [0.5, 0.6) is 0 Å². The summed E-state index contributed by atoms with van der Waals surface area (Å²) in [6.45, 7) is 2.38. The van der Waals surface area contributed by atoms with Gasteiger partial charge in [0.2, 0.25) is 0 Å². The van der Waals surface area contributed by atoms with Gasteiger partial charge in [0.25, 0.3) is 0 Å². The molecular formula is C13H18ClNO. The molecule has 1 saturated carbocycles. The Balaban J connectivity index is 0.000000963. The van der Waals surface area contributed by atoms with Crippen molar-refractivity contribution in [1.29, 1.82) is 0 Å². The molecule has 2 N–H and O–H groups in total. The Hall–Kier alpha value is -0.570. The minimum Gasteiger partial charge on any atom is -0.396 e. The van der Waals surface area contributed by atoms with Crippen molar-refractivity contribution in [3.05, 3.63) is 35.9 Å². The first-order valence-electron chi connectivity index (χ1n) is 5.66. The zero-order valence-corrected chi connectivity index (χ0v) is 10.1. The number of hydrogen-bond donors (Lipinski definition) is 2. The van der Waals surface area contributed by atoms with Gasteiger partial charge in [-0.1, -0.05) is 30.3 Å².